The molecule has 1 unspecified atom stereocenters. The van der Waals surface area contributed by atoms with Crippen molar-refractivity contribution in [2.45, 2.75) is 19.4 Å². The molecule has 1 rings (SSSR count). The smallest absolute Gasteiger partial charge is 0.0441 e. The quantitative estimate of drug-likeness (QED) is 0.812. The summed E-state index contributed by atoms with van der Waals surface area (Å²) in [7, 11) is 0. The van der Waals surface area contributed by atoms with Crippen LogP contribution in [0.25, 0.3) is 0 Å². The normalized spacial score (nSPS) is 12.1. The van der Waals surface area contributed by atoms with Gasteiger partial charge in [-0.3, -0.25) is 0 Å². The van der Waals surface area contributed by atoms with Gasteiger partial charge in [-0.05, 0) is 18.2 Å². The number of hydrogen-bond donors (Lipinski definition) is 1. The van der Waals surface area contributed by atoms with Crippen molar-refractivity contribution in [1.82, 2.24) is 5.32 Å². The van der Waals surface area contributed by atoms with Gasteiger partial charge in [0, 0.05) is 16.9 Å². The van der Waals surface area contributed by atoms with E-state index in [-0.39, 0.29) is 6.04 Å². The van der Waals surface area contributed by atoms with Gasteiger partial charge in [0.25, 0.3) is 0 Å². The fourth-order valence-corrected chi connectivity index (χ4v) is 1.98. The Balaban J connectivity index is 2.88. The Hall–Kier alpha value is -0.780. The van der Waals surface area contributed by atoms with E-state index in [1.165, 1.54) is 5.56 Å². The van der Waals surface area contributed by atoms with Gasteiger partial charge in [0.2, 0.25) is 0 Å². The predicted molar refractivity (Wildman–Crippen MR) is 64.0 cm³/mol. The van der Waals surface area contributed by atoms with Crippen molar-refractivity contribution in [2.24, 2.45) is 0 Å². The lowest BCUT2D eigenvalue weighted by Gasteiger charge is -2.16. The maximum absolute atomic E-state index is 5.34. The Morgan fingerprint density at radius 2 is 2.21 bits per heavy atom. The highest BCUT2D eigenvalue weighted by Crippen LogP contribution is 2.24. The summed E-state index contributed by atoms with van der Waals surface area (Å²) in [6.07, 6.45) is 6.06. The summed E-state index contributed by atoms with van der Waals surface area (Å²) in [6.45, 7) is 3.01. The van der Waals surface area contributed by atoms with E-state index in [2.05, 4.69) is 40.2 Å². The molecule has 0 aliphatic rings. The number of nitrogens with one attached hydrogen (secondary N) is 1. The molecule has 0 radical (unpaired) electrons. The topological polar surface area (TPSA) is 12.0 Å². The van der Waals surface area contributed by atoms with E-state index in [4.69, 9.17) is 6.42 Å². The van der Waals surface area contributed by atoms with Crippen LogP contribution in [0.4, 0.5) is 0 Å². The maximum atomic E-state index is 5.34. The number of terminal acetylenes is 1. The van der Waals surface area contributed by atoms with Crippen LogP contribution >= 0.6 is 15.9 Å². The fourth-order valence-electron chi connectivity index (χ4n) is 1.41. The Bertz CT molecular complexity index is 327. The zero-order valence-corrected chi connectivity index (χ0v) is 9.84. The first-order chi connectivity index (χ1) is 6.79. The molecule has 2 heteroatoms. The van der Waals surface area contributed by atoms with Crippen LogP contribution in [-0.2, 0) is 0 Å². The third kappa shape index (κ3) is 2.87. The van der Waals surface area contributed by atoms with E-state index in [9.17, 15) is 0 Å². The van der Waals surface area contributed by atoms with Crippen molar-refractivity contribution >= 4 is 15.9 Å². The van der Waals surface area contributed by atoms with Crippen LogP contribution in [0.1, 0.15) is 24.9 Å². The average molecular weight is 252 g/mol. The second kappa shape index (κ2) is 5.85. The molecule has 0 fully saturated rings. The minimum absolute atomic E-state index is 0.251. The molecule has 0 saturated carbocycles. The standard InChI is InChI=1S/C12H14BrN/c1-3-7-12(14-4-2)10-8-5-6-9-11(10)13/h1,5-6,8-9,12,14H,4,7H2,2H3. The number of rotatable bonds is 4. The lowest BCUT2D eigenvalue weighted by atomic mass is 10.0. The van der Waals surface area contributed by atoms with Crippen molar-refractivity contribution in [3.05, 3.63) is 34.3 Å². The van der Waals surface area contributed by atoms with Crippen LogP contribution in [0.2, 0.25) is 0 Å². The number of hydrogen-bond acceptors (Lipinski definition) is 1. The highest BCUT2D eigenvalue weighted by atomic mass is 79.9. The molecule has 0 saturated heterocycles. The summed E-state index contributed by atoms with van der Waals surface area (Å²) in [5.41, 5.74) is 1.23. The maximum Gasteiger partial charge on any atom is 0.0441 e. The molecule has 0 heterocycles. The summed E-state index contributed by atoms with van der Waals surface area (Å²) in [4.78, 5) is 0. The van der Waals surface area contributed by atoms with Gasteiger partial charge in [0.05, 0.1) is 0 Å². The number of halogens is 1. The zero-order valence-electron chi connectivity index (χ0n) is 8.26. The van der Waals surface area contributed by atoms with E-state index in [1.807, 2.05) is 18.2 Å². The summed E-state index contributed by atoms with van der Waals surface area (Å²) in [6, 6.07) is 8.42. The van der Waals surface area contributed by atoms with Crippen LogP contribution in [-0.4, -0.2) is 6.54 Å². The predicted octanol–water partition coefficient (Wildman–Crippen LogP) is 3.12. The van der Waals surface area contributed by atoms with Gasteiger partial charge < -0.3 is 5.32 Å². The molecular formula is C12H14BrN. The molecular weight excluding hydrogens is 238 g/mol. The molecule has 0 aliphatic carbocycles. The first-order valence-electron chi connectivity index (χ1n) is 4.70. The molecule has 1 nitrogen and oxygen atoms in total. The Kier molecular flexibility index (Phi) is 4.72. The van der Waals surface area contributed by atoms with Crippen molar-refractivity contribution in [3.63, 3.8) is 0 Å². The van der Waals surface area contributed by atoms with Gasteiger partial charge in [-0.1, -0.05) is 41.1 Å². The Labute approximate surface area is 94.0 Å². The molecule has 1 aromatic rings. The van der Waals surface area contributed by atoms with Crippen LogP contribution in [0.15, 0.2) is 28.7 Å². The van der Waals surface area contributed by atoms with Crippen LogP contribution in [0.5, 0.6) is 0 Å². The van der Waals surface area contributed by atoms with Crippen LogP contribution < -0.4 is 5.32 Å². The van der Waals surface area contributed by atoms with Crippen molar-refractivity contribution < 1.29 is 0 Å². The SMILES string of the molecule is C#CCC(NCC)c1ccccc1Br. The van der Waals surface area contributed by atoms with E-state index in [0.717, 1.165) is 17.4 Å². The summed E-state index contributed by atoms with van der Waals surface area (Å²) in [5.74, 6) is 2.69. The van der Waals surface area contributed by atoms with Crippen molar-refractivity contribution in [1.29, 1.82) is 0 Å². The third-order valence-corrected chi connectivity index (χ3v) is 2.78. The molecule has 74 valence electrons. The second-order valence-electron chi connectivity index (χ2n) is 3.04. The monoisotopic (exact) mass is 251 g/mol. The van der Waals surface area contributed by atoms with Gasteiger partial charge in [-0.15, -0.1) is 12.3 Å². The fraction of sp³-hybridized carbons (Fsp3) is 0.333. The number of benzene rings is 1. The van der Waals surface area contributed by atoms with E-state index < -0.39 is 0 Å². The summed E-state index contributed by atoms with van der Waals surface area (Å²) in [5, 5.41) is 3.37. The first kappa shape index (κ1) is 11.3. The van der Waals surface area contributed by atoms with E-state index >= 15 is 0 Å². The van der Waals surface area contributed by atoms with E-state index in [0.29, 0.717) is 0 Å². The van der Waals surface area contributed by atoms with Crippen molar-refractivity contribution in [2.75, 3.05) is 6.54 Å². The molecule has 0 bridgehead atoms. The van der Waals surface area contributed by atoms with E-state index in [1.54, 1.807) is 0 Å². The van der Waals surface area contributed by atoms with Crippen LogP contribution in [0.3, 0.4) is 0 Å². The third-order valence-electron chi connectivity index (χ3n) is 2.05. The van der Waals surface area contributed by atoms with Crippen molar-refractivity contribution in [3.8, 4) is 12.3 Å². The Morgan fingerprint density at radius 3 is 2.79 bits per heavy atom. The van der Waals surface area contributed by atoms with Gasteiger partial charge in [0.15, 0.2) is 0 Å². The molecule has 0 spiro atoms. The minimum atomic E-state index is 0.251. The highest BCUT2D eigenvalue weighted by Gasteiger charge is 2.10. The zero-order chi connectivity index (χ0) is 10.4. The van der Waals surface area contributed by atoms with Gasteiger partial charge in [-0.25, -0.2) is 0 Å². The van der Waals surface area contributed by atoms with Gasteiger partial charge in [-0.2, -0.15) is 0 Å². The molecule has 14 heavy (non-hydrogen) atoms. The lowest BCUT2D eigenvalue weighted by Crippen LogP contribution is -2.20. The van der Waals surface area contributed by atoms with Crippen LogP contribution in [0, 0.1) is 12.3 Å². The molecule has 0 aromatic heterocycles. The first-order valence-corrected chi connectivity index (χ1v) is 5.50. The van der Waals surface area contributed by atoms with Gasteiger partial charge >= 0.3 is 0 Å². The molecule has 0 amide bonds. The second-order valence-corrected chi connectivity index (χ2v) is 3.89. The largest absolute Gasteiger partial charge is 0.309 e. The van der Waals surface area contributed by atoms with Gasteiger partial charge in [0.1, 0.15) is 0 Å². The summed E-state index contributed by atoms with van der Waals surface area (Å²) >= 11 is 3.53. The molecule has 0 aliphatic heterocycles. The molecule has 1 N–H and O–H groups in total. The molecule has 1 atom stereocenters. The average Bonchev–Trinajstić information content (AvgIpc) is 2.18. The highest BCUT2D eigenvalue weighted by molar-refractivity contribution is 9.10. The summed E-state index contributed by atoms with van der Waals surface area (Å²) < 4.78 is 1.11. The minimum Gasteiger partial charge on any atom is -0.309 e. The molecule has 1 aromatic carbocycles. The lowest BCUT2D eigenvalue weighted by molar-refractivity contribution is 0.563. The Morgan fingerprint density at radius 1 is 1.50 bits per heavy atom.